The van der Waals surface area contributed by atoms with E-state index in [4.69, 9.17) is 55.9 Å². The van der Waals surface area contributed by atoms with Gasteiger partial charge in [-0.05, 0) is 163 Å². The highest BCUT2D eigenvalue weighted by Crippen LogP contribution is 2.48. The van der Waals surface area contributed by atoms with E-state index < -0.39 is 72.4 Å². The van der Waals surface area contributed by atoms with Crippen LogP contribution in [0.25, 0.3) is 0 Å². The molecule has 0 aromatic carbocycles. The van der Waals surface area contributed by atoms with Crippen molar-refractivity contribution in [2.24, 2.45) is 0 Å². The van der Waals surface area contributed by atoms with E-state index in [9.17, 15) is 0 Å². The van der Waals surface area contributed by atoms with E-state index in [1.54, 1.807) is 0 Å². The van der Waals surface area contributed by atoms with Crippen molar-refractivity contribution in [3.8, 4) is 0 Å². The van der Waals surface area contributed by atoms with Gasteiger partial charge in [-0.25, -0.2) is 0 Å². The van der Waals surface area contributed by atoms with E-state index in [1.165, 1.54) is 0 Å². The largest absolute Gasteiger partial charge is 0.702 e. The lowest BCUT2D eigenvalue weighted by Gasteiger charge is -2.35. The summed E-state index contributed by atoms with van der Waals surface area (Å²) in [6.45, 7) is 33.2. The maximum Gasteiger partial charge on any atom is 0.702 e. The summed E-state index contributed by atoms with van der Waals surface area (Å²) in [5.41, 5.74) is 1.22. The molecule has 392 valence electrons. The van der Waals surface area contributed by atoms with E-state index in [2.05, 4.69) is 0 Å². The summed E-state index contributed by atoms with van der Waals surface area (Å²) in [5, 5.41) is 0. The zero-order valence-corrected chi connectivity index (χ0v) is 46.5. The third-order valence-corrected chi connectivity index (χ3v) is 17.6. The molecule has 0 amide bonds. The minimum atomic E-state index is -1.88. The smallest absolute Gasteiger partial charge is 0.470 e. The van der Waals surface area contributed by atoms with Crippen LogP contribution < -0.4 is 17.9 Å². The van der Waals surface area contributed by atoms with Gasteiger partial charge in [-0.2, -0.15) is 0 Å². The Balaban J connectivity index is 0.000000119. The fourth-order valence-corrected chi connectivity index (χ4v) is 10.9. The van der Waals surface area contributed by atoms with Crippen molar-refractivity contribution < 1.29 is 73.8 Å². The topological polar surface area (TPSA) is 126 Å². The molecule has 12 heterocycles. The maximum atomic E-state index is 6.19. The molecule has 4 spiro atoms. The van der Waals surface area contributed by atoms with Crippen LogP contribution in [0.5, 0.6) is 0 Å². The fraction of sp³-hybridized carbons (Fsp3) is 0.615. The van der Waals surface area contributed by atoms with Crippen molar-refractivity contribution in [3.63, 3.8) is 0 Å². The van der Waals surface area contributed by atoms with E-state index in [-0.39, 0.29) is 24.4 Å². The minimum Gasteiger partial charge on any atom is -0.470 e. The summed E-state index contributed by atoms with van der Waals surface area (Å²) < 4.78 is 81.7. The molecule has 72 heavy (non-hydrogen) atoms. The zero-order valence-electron chi connectivity index (χ0n) is 46.5. The Morgan fingerprint density at radius 2 is 0.431 bits per heavy atom. The minimum absolute atomic E-state index is 0.0177. The zero-order chi connectivity index (χ0) is 52.7. The molecule has 4 atom stereocenters. The van der Waals surface area contributed by atoms with Gasteiger partial charge in [0.15, 0.2) is 22.8 Å². The normalized spacial score (nSPS) is 30.6. The van der Waals surface area contributed by atoms with Gasteiger partial charge < -0.3 is 73.8 Å². The van der Waals surface area contributed by atoms with E-state index >= 15 is 0 Å². The Hall–Kier alpha value is -3.62. The van der Waals surface area contributed by atoms with E-state index in [0.717, 1.165) is 22.8 Å². The second-order valence-electron chi connectivity index (χ2n) is 24.7. The molecule has 16 nitrogen and oxygen atoms in total. The van der Waals surface area contributed by atoms with Crippen LogP contribution in [0.1, 0.15) is 186 Å². The molecular formula is C52H80B4N4O12. The average Bonchev–Trinajstić information content (AvgIpc) is 4.05. The van der Waals surface area contributed by atoms with Crippen LogP contribution in [0.3, 0.4) is 0 Å². The summed E-state index contributed by atoms with van der Waals surface area (Å²) in [6, 6.07) is 24.1. The predicted molar refractivity (Wildman–Crippen MR) is 270 cm³/mol. The van der Waals surface area contributed by atoms with Gasteiger partial charge >= 0.3 is 27.6 Å². The predicted octanol–water partition coefficient (Wildman–Crippen LogP) is 7.81. The SMILES string of the molecule is C[C@H]1O[B-]2(OC(C)(C)C(C)(C)O2)[n+]2ccccc21.C[C@H]1O[B-]2(OC(C)(C)C(C)(C)O2)[n+]2ccccc21.C[C@H]1O[B-]2(OC(C)(C)C(C)(C)O2)[n+]2ccccc21.C[C@H]1O[B-]2(OC(C)(C)C(C)(C)O2)[n+]2ccccc21. The van der Waals surface area contributed by atoms with E-state index in [1.807, 2.05) is 254 Å². The number of pyridine rings is 4. The van der Waals surface area contributed by atoms with Gasteiger partial charge in [0.25, 0.3) is 0 Å². The highest BCUT2D eigenvalue weighted by atomic mass is 16.8. The number of rotatable bonds is 0. The average molecular weight is 996 g/mol. The first-order valence-electron chi connectivity index (χ1n) is 26.0. The monoisotopic (exact) mass is 997 g/mol. The van der Waals surface area contributed by atoms with Gasteiger partial charge in [0.05, 0.1) is 69.2 Å². The van der Waals surface area contributed by atoms with Crippen LogP contribution in [0.15, 0.2) is 97.6 Å². The first-order valence-corrected chi connectivity index (χ1v) is 26.0. The van der Waals surface area contributed by atoms with Crippen molar-refractivity contribution in [1.29, 1.82) is 0 Å². The first kappa shape index (κ1) is 53.2. The molecule has 12 rings (SSSR count). The molecule has 0 N–H and O–H groups in total. The van der Waals surface area contributed by atoms with Gasteiger partial charge in [-0.3, -0.25) is 0 Å². The number of hydrogen-bond donors (Lipinski definition) is 0. The molecule has 0 bridgehead atoms. The Labute approximate surface area is 427 Å². The van der Waals surface area contributed by atoms with Crippen molar-refractivity contribution in [2.45, 2.75) is 208 Å². The van der Waals surface area contributed by atoms with Crippen LogP contribution >= 0.6 is 0 Å². The molecular weight excluding hydrogens is 916 g/mol. The third kappa shape index (κ3) is 8.35. The van der Waals surface area contributed by atoms with Crippen molar-refractivity contribution >= 4 is 27.6 Å². The van der Waals surface area contributed by atoms with Gasteiger partial charge in [0.2, 0.25) is 0 Å². The quantitative estimate of drug-likeness (QED) is 0.160. The fourth-order valence-electron chi connectivity index (χ4n) is 10.9. The van der Waals surface area contributed by atoms with Gasteiger partial charge in [-0.15, -0.1) is 0 Å². The Morgan fingerprint density at radius 3 is 0.583 bits per heavy atom. The molecule has 4 aromatic heterocycles. The Kier molecular flexibility index (Phi) is 12.5. The number of nitrogens with zero attached hydrogens (tertiary/aromatic N) is 4. The highest BCUT2D eigenvalue weighted by molar-refractivity contribution is 6.54. The molecule has 8 aliphatic rings. The molecule has 0 radical (unpaired) electrons. The Bertz CT molecular complexity index is 2310. The highest BCUT2D eigenvalue weighted by Gasteiger charge is 2.69. The number of fused-ring (bicyclic) bond motifs is 8. The summed E-state index contributed by atoms with van der Waals surface area (Å²) >= 11 is 0. The van der Waals surface area contributed by atoms with Gasteiger partial charge in [0.1, 0.15) is 24.8 Å². The van der Waals surface area contributed by atoms with Crippen LogP contribution in [0.2, 0.25) is 0 Å². The van der Waals surface area contributed by atoms with Gasteiger partial charge in [-0.1, -0.05) is 24.3 Å². The lowest BCUT2D eigenvalue weighted by Crippen LogP contribution is -2.66. The second kappa shape index (κ2) is 16.9. The Morgan fingerprint density at radius 1 is 0.278 bits per heavy atom. The summed E-state index contributed by atoms with van der Waals surface area (Å²) in [4.78, 5) is 0. The van der Waals surface area contributed by atoms with Crippen LogP contribution in [-0.4, -0.2) is 72.4 Å². The van der Waals surface area contributed by atoms with Crippen LogP contribution in [0.4, 0.5) is 0 Å². The molecule has 4 saturated heterocycles. The lowest BCUT2D eigenvalue weighted by molar-refractivity contribution is -0.583. The summed E-state index contributed by atoms with van der Waals surface area (Å²) in [7, 11) is 0. The summed E-state index contributed by atoms with van der Waals surface area (Å²) in [6.07, 6.45) is 7.80. The first-order chi connectivity index (χ1) is 33.1. The number of hydrogen-bond acceptors (Lipinski definition) is 12. The molecule has 0 aliphatic carbocycles. The summed E-state index contributed by atoms with van der Waals surface area (Å²) in [5.74, 6) is 0. The van der Waals surface area contributed by atoms with Gasteiger partial charge in [0, 0.05) is 24.3 Å². The lowest BCUT2D eigenvalue weighted by atomic mass is 9.90. The second-order valence-corrected chi connectivity index (χ2v) is 24.7. The van der Waals surface area contributed by atoms with Crippen LogP contribution in [0, 0.1) is 0 Å². The van der Waals surface area contributed by atoms with Crippen molar-refractivity contribution in [3.05, 3.63) is 120 Å². The van der Waals surface area contributed by atoms with Crippen molar-refractivity contribution in [1.82, 2.24) is 0 Å². The molecule has 20 heteroatoms. The molecule has 0 unspecified atom stereocenters. The number of aromatic nitrogens is 4. The molecule has 0 saturated carbocycles. The third-order valence-electron chi connectivity index (χ3n) is 17.6. The van der Waals surface area contributed by atoms with Crippen molar-refractivity contribution in [2.75, 3.05) is 0 Å². The molecule has 4 fully saturated rings. The standard InChI is InChI=1S/4C13H20BNO3/c4*1-10-11-8-6-7-9-15(11)14(16-10)17-12(2,3)13(4,5)18-14/h4*6-10H,1-5H3/t4*10-/m1111/s1. The molecule has 4 aromatic rings. The molecule has 8 aliphatic heterocycles. The maximum absolute atomic E-state index is 6.19. The van der Waals surface area contributed by atoms with Crippen LogP contribution in [-0.2, 0) is 55.9 Å². The van der Waals surface area contributed by atoms with E-state index in [0.29, 0.717) is 0 Å².